The first-order valence-corrected chi connectivity index (χ1v) is 11.8. The molecule has 0 radical (unpaired) electrons. The SMILES string of the molecule is Cc1nc2cc([C@H]3CCN(C(=O)C4CC4)C3)nn2c(C)c1CCC(=O)NCc1ccccn1. The molecule has 0 unspecified atom stereocenters. The van der Waals surface area contributed by atoms with Crippen LogP contribution in [0, 0.1) is 19.8 Å². The Balaban J connectivity index is 1.25. The molecule has 1 N–H and O–H groups in total. The molecule has 33 heavy (non-hydrogen) atoms. The predicted molar refractivity (Wildman–Crippen MR) is 124 cm³/mol. The van der Waals surface area contributed by atoms with E-state index in [1.54, 1.807) is 6.20 Å². The lowest BCUT2D eigenvalue weighted by Crippen LogP contribution is -2.29. The van der Waals surface area contributed by atoms with E-state index in [-0.39, 0.29) is 17.7 Å². The zero-order valence-electron chi connectivity index (χ0n) is 19.3. The van der Waals surface area contributed by atoms with Gasteiger partial charge in [0.1, 0.15) is 0 Å². The van der Waals surface area contributed by atoms with Gasteiger partial charge in [-0.2, -0.15) is 5.10 Å². The third kappa shape index (κ3) is 4.60. The average molecular weight is 447 g/mol. The third-order valence-electron chi connectivity index (χ3n) is 6.82. The first kappa shape index (κ1) is 21.6. The molecule has 0 aromatic carbocycles. The number of hydrogen-bond acceptors (Lipinski definition) is 5. The monoisotopic (exact) mass is 446 g/mol. The van der Waals surface area contributed by atoms with Crippen molar-refractivity contribution in [2.45, 2.75) is 58.4 Å². The van der Waals surface area contributed by atoms with Gasteiger partial charge in [-0.05, 0) is 57.2 Å². The molecule has 1 aliphatic carbocycles. The van der Waals surface area contributed by atoms with E-state index in [1.165, 1.54) is 0 Å². The van der Waals surface area contributed by atoms with Crippen molar-refractivity contribution < 1.29 is 9.59 Å². The second kappa shape index (κ2) is 8.92. The molecule has 8 heteroatoms. The molecule has 1 saturated heterocycles. The molecular formula is C25H30N6O2. The van der Waals surface area contributed by atoms with E-state index in [4.69, 9.17) is 10.1 Å². The minimum Gasteiger partial charge on any atom is -0.350 e. The summed E-state index contributed by atoms with van der Waals surface area (Å²) in [4.78, 5) is 35.8. The van der Waals surface area contributed by atoms with Crippen LogP contribution in [0.5, 0.6) is 0 Å². The number of nitrogens with zero attached hydrogens (tertiary/aromatic N) is 5. The van der Waals surface area contributed by atoms with Gasteiger partial charge in [0.2, 0.25) is 11.8 Å². The minimum atomic E-state index is -0.00733. The van der Waals surface area contributed by atoms with Gasteiger partial charge in [-0.3, -0.25) is 14.6 Å². The molecule has 1 saturated carbocycles. The Labute approximate surface area is 193 Å². The maximum atomic E-state index is 12.4. The van der Waals surface area contributed by atoms with Gasteiger partial charge in [-0.1, -0.05) is 6.07 Å². The van der Waals surface area contributed by atoms with Crippen molar-refractivity contribution in [1.82, 2.24) is 29.8 Å². The second-order valence-corrected chi connectivity index (χ2v) is 9.24. The van der Waals surface area contributed by atoms with E-state index in [0.29, 0.717) is 25.3 Å². The Hall–Kier alpha value is -3.29. The van der Waals surface area contributed by atoms with Crippen LogP contribution in [-0.4, -0.2) is 49.4 Å². The van der Waals surface area contributed by atoms with E-state index in [0.717, 1.165) is 66.3 Å². The molecule has 2 fully saturated rings. The van der Waals surface area contributed by atoms with Gasteiger partial charge < -0.3 is 10.2 Å². The van der Waals surface area contributed by atoms with Gasteiger partial charge in [0.05, 0.1) is 17.9 Å². The van der Waals surface area contributed by atoms with E-state index >= 15 is 0 Å². The van der Waals surface area contributed by atoms with Crippen LogP contribution in [0.3, 0.4) is 0 Å². The summed E-state index contributed by atoms with van der Waals surface area (Å²) < 4.78 is 1.90. The van der Waals surface area contributed by atoms with Crippen LogP contribution in [-0.2, 0) is 22.6 Å². The highest BCUT2D eigenvalue weighted by atomic mass is 16.2. The zero-order chi connectivity index (χ0) is 22.9. The number of aromatic nitrogens is 4. The molecule has 1 aliphatic heterocycles. The summed E-state index contributed by atoms with van der Waals surface area (Å²) in [5.41, 5.74) is 5.68. The van der Waals surface area contributed by atoms with Crippen molar-refractivity contribution in [3.05, 3.63) is 58.8 Å². The summed E-state index contributed by atoms with van der Waals surface area (Å²) in [6, 6.07) is 7.72. The molecule has 172 valence electrons. The standard InChI is InChI=1S/C25H30N6O2/c1-16-21(8-9-24(32)27-14-20-5-3-4-11-26-20)17(2)31-23(28-16)13-22(29-31)19-10-12-30(15-19)25(33)18-6-7-18/h3-5,11,13,18-19H,6-10,12,14-15H2,1-2H3,(H,27,32)/t19-/m0/s1. The largest absolute Gasteiger partial charge is 0.350 e. The van der Waals surface area contributed by atoms with E-state index in [2.05, 4.69) is 16.4 Å². The van der Waals surface area contributed by atoms with Crippen molar-refractivity contribution in [2.24, 2.45) is 5.92 Å². The zero-order valence-corrected chi connectivity index (χ0v) is 19.3. The summed E-state index contributed by atoms with van der Waals surface area (Å²) in [6.45, 7) is 6.03. The average Bonchev–Trinajstić information content (AvgIpc) is 3.39. The van der Waals surface area contributed by atoms with Crippen molar-refractivity contribution in [2.75, 3.05) is 13.1 Å². The lowest BCUT2D eigenvalue weighted by molar-refractivity contribution is -0.131. The molecule has 0 spiro atoms. The summed E-state index contributed by atoms with van der Waals surface area (Å²) in [5.74, 6) is 0.831. The first-order chi connectivity index (χ1) is 16.0. The van der Waals surface area contributed by atoms with Crippen LogP contribution in [0.2, 0.25) is 0 Å². The van der Waals surface area contributed by atoms with E-state index in [1.807, 2.05) is 41.5 Å². The molecule has 3 aromatic heterocycles. The molecule has 2 amide bonds. The summed E-state index contributed by atoms with van der Waals surface area (Å²) >= 11 is 0. The van der Waals surface area contributed by atoms with Crippen molar-refractivity contribution >= 4 is 17.5 Å². The van der Waals surface area contributed by atoms with Crippen LogP contribution >= 0.6 is 0 Å². The van der Waals surface area contributed by atoms with Crippen LogP contribution in [0.25, 0.3) is 5.65 Å². The molecule has 5 rings (SSSR count). The Bertz CT molecular complexity index is 1180. The first-order valence-electron chi connectivity index (χ1n) is 11.8. The maximum Gasteiger partial charge on any atom is 0.225 e. The Morgan fingerprint density at radius 1 is 1.18 bits per heavy atom. The highest BCUT2D eigenvalue weighted by Gasteiger charge is 2.37. The summed E-state index contributed by atoms with van der Waals surface area (Å²) in [7, 11) is 0. The highest BCUT2D eigenvalue weighted by Crippen LogP contribution is 2.35. The van der Waals surface area contributed by atoms with Crippen molar-refractivity contribution in [3.8, 4) is 0 Å². The van der Waals surface area contributed by atoms with Gasteiger partial charge in [-0.25, -0.2) is 9.50 Å². The molecule has 4 heterocycles. The fraction of sp³-hybridized carbons (Fsp3) is 0.480. The topological polar surface area (TPSA) is 92.5 Å². The lowest BCUT2D eigenvalue weighted by atomic mass is 10.1. The van der Waals surface area contributed by atoms with Crippen LogP contribution in [0.4, 0.5) is 0 Å². The van der Waals surface area contributed by atoms with Gasteiger partial charge >= 0.3 is 0 Å². The van der Waals surface area contributed by atoms with Gasteiger partial charge in [0.25, 0.3) is 0 Å². The van der Waals surface area contributed by atoms with Crippen LogP contribution < -0.4 is 5.32 Å². The minimum absolute atomic E-state index is 0.00733. The number of carbonyl (C=O) groups excluding carboxylic acids is 2. The number of amides is 2. The van der Waals surface area contributed by atoms with E-state index in [9.17, 15) is 9.59 Å². The fourth-order valence-corrected chi connectivity index (χ4v) is 4.71. The quantitative estimate of drug-likeness (QED) is 0.602. The number of likely N-dealkylation sites (tertiary alicyclic amines) is 1. The van der Waals surface area contributed by atoms with Gasteiger partial charge in [0, 0.05) is 55.0 Å². The number of pyridine rings is 1. The number of fused-ring (bicyclic) bond motifs is 1. The van der Waals surface area contributed by atoms with Crippen molar-refractivity contribution in [1.29, 1.82) is 0 Å². The normalized spacial score (nSPS) is 18.1. The van der Waals surface area contributed by atoms with Crippen molar-refractivity contribution in [3.63, 3.8) is 0 Å². The molecule has 0 bridgehead atoms. The predicted octanol–water partition coefficient (Wildman–Crippen LogP) is 2.72. The van der Waals surface area contributed by atoms with Gasteiger partial charge in [0.15, 0.2) is 5.65 Å². The lowest BCUT2D eigenvalue weighted by Gasteiger charge is -2.15. The Kier molecular flexibility index (Phi) is 5.83. The number of hydrogen-bond donors (Lipinski definition) is 1. The number of carbonyl (C=O) groups is 2. The molecule has 8 nitrogen and oxygen atoms in total. The third-order valence-corrected chi connectivity index (χ3v) is 6.82. The fourth-order valence-electron chi connectivity index (χ4n) is 4.71. The van der Waals surface area contributed by atoms with Gasteiger partial charge in [-0.15, -0.1) is 0 Å². The molecule has 1 atom stereocenters. The summed E-state index contributed by atoms with van der Waals surface area (Å²) in [5, 5.41) is 7.80. The smallest absolute Gasteiger partial charge is 0.225 e. The molecule has 2 aliphatic rings. The number of aryl methyl sites for hydroxylation is 2. The van der Waals surface area contributed by atoms with Crippen LogP contribution in [0.1, 0.15) is 59.9 Å². The maximum absolute atomic E-state index is 12.4. The Morgan fingerprint density at radius 2 is 2.03 bits per heavy atom. The number of nitrogens with one attached hydrogen (secondary N) is 1. The molecule has 3 aromatic rings. The second-order valence-electron chi connectivity index (χ2n) is 9.24. The summed E-state index contributed by atoms with van der Waals surface area (Å²) in [6.07, 6.45) is 5.75. The number of rotatable bonds is 7. The molecular weight excluding hydrogens is 416 g/mol. The van der Waals surface area contributed by atoms with Crippen LogP contribution in [0.15, 0.2) is 30.5 Å². The highest BCUT2D eigenvalue weighted by molar-refractivity contribution is 5.81. The Morgan fingerprint density at radius 3 is 2.79 bits per heavy atom. The van der Waals surface area contributed by atoms with E-state index < -0.39 is 0 Å².